The van der Waals surface area contributed by atoms with Gasteiger partial charge < -0.3 is 4.74 Å². The van der Waals surface area contributed by atoms with Crippen LogP contribution in [0, 0.1) is 0 Å². The van der Waals surface area contributed by atoms with Gasteiger partial charge in [-0.05, 0) is 36.8 Å². The fraction of sp³-hybridized carbons (Fsp3) is 0.385. The van der Waals surface area contributed by atoms with E-state index in [0.29, 0.717) is 17.9 Å². The topological polar surface area (TPSA) is 38.7 Å². The van der Waals surface area contributed by atoms with Crippen molar-refractivity contribution in [2.75, 3.05) is 6.61 Å². The third-order valence-corrected chi connectivity index (χ3v) is 2.33. The molecular formula is C13H15NO2S. The second-order valence-corrected chi connectivity index (χ2v) is 3.78. The number of isothiocyanates is 1. The highest BCUT2D eigenvalue weighted by atomic mass is 32.1. The SMILES string of the molecule is CCCCCOC(=O)c1cccc(N=C=S)c1. The smallest absolute Gasteiger partial charge is 0.338 e. The summed E-state index contributed by atoms with van der Waals surface area (Å²) in [5, 5.41) is 2.27. The van der Waals surface area contributed by atoms with Crippen LogP contribution in [0.5, 0.6) is 0 Å². The highest BCUT2D eigenvalue weighted by Crippen LogP contribution is 2.14. The molecule has 0 atom stereocenters. The summed E-state index contributed by atoms with van der Waals surface area (Å²) in [5.74, 6) is -0.317. The number of ether oxygens (including phenoxy) is 1. The zero-order valence-electron chi connectivity index (χ0n) is 9.81. The molecule has 0 unspecified atom stereocenters. The van der Waals surface area contributed by atoms with E-state index in [1.165, 1.54) is 0 Å². The van der Waals surface area contributed by atoms with Crippen LogP contribution in [0.2, 0.25) is 0 Å². The molecule has 0 aliphatic heterocycles. The average Bonchev–Trinajstić information content (AvgIpc) is 2.35. The zero-order chi connectivity index (χ0) is 12.5. The van der Waals surface area contributed by atoms with E-state index in [0.717, 1.165) is 19.3 Å². The molecule has 4 heteroatoms. The first-order chi connectivity index (χ1) is 8.27. The molecule has 0 spiro atoms. The average molecular weight is 249 g/mol. The van der Waals surface area contributed by atoms with Gasteiger partial charge in [0.25, 0.3) is 0 Å². The van der Waals surface area contributed by atoms with E-state index in [4.69, 9.17) is 4.74 Å². The van der Waals surface area contributed by atoms with Crippen LogP contribution in [0.3, 0.4) is 0 Å². The maximum absolute atomic E-state index is 11.7. The Bertz CT molecular complexity index is 425. The first kappa shape index (κ1) is 13.6. The quantitative estimate of drug-likeness (QED) is 0.333. The molecule has 1 aromatic rings. The molecule has 90 valence electrons. The summed E-state index contributed by atoms with van der Waals surface area (Å²) in [6.45, 7) is 2.57. The Labute approximate surface area is 107 Å². The lowest BCUT2D eigenvalue weighted by Crippen LogP contribution is -2.06. The van der Waals surface area contributed by atoms with Crippen LogP contribution in [0.15, 0.2) is 29.3 Å². The predicted octanol–water partition coefficient (Wildman–Crippen LogP) is 3.77. The van der Waals surface area contributed by atoms with Crippen molar-refractivity contribution in [3.05, 3.63) is 29.8 Å². The number of hydrogen-bond acceptors (Lipinski definition) is 4. The van der Waals surface area contributed by atoms with Crippen molar-refractivity contribution in [1.82, 2.24) is 0 Å². The molecule has 0 heterocycles. The van der Waals surface area contributed by atoms with E-state index in [1.54, 1.807) is 24.3 Å². The molecule has 0 saturated heterocycles. The van der Waals surface area contributed by atoms with Crippen LogP contribution < -0.4 is 0 Å². The third kappa shape index (κ3) is 4.89. The summed E-state index contributed by atoms with van der Waals surface area (Å²) in [6, 6.07) is 6.84. The second-order valence-electron chi connectivity index (χ2n) is 3.60. The Morgan fingerprint density at radius 2 is 2.29 bits per heavy atom. The molecule has 0 bridgehead atoms. The lowest BCUT2D eigenvalue weighted by Gasteiger charge is -2.04. The second kappa shape index (κ2) is 7.71. The van der Waals surface area contributed by atoms with Crippen molar-refractivity contribution < 1.29 is 9.53 Å². The monoisotopic (exact) mass is 249 g/mol. The van der Waals surface area contributed by atoms with Gasteiger partial charge in [-0.25, -0.2) is 4.79 Å². The van der Waals surface area contributed by atoms with Crippen molar-refractivity contribution >= 4 is 29.0 Å². The molecule has 0 N–H and O–H groups in total. The number of benzene rings is 1. The van der Waals surface area contributed by atoms with E-state index in [2.05, 4.69) is 29.3 Å². The fourth-order valence-corrected chi connectivity index (χ4v) is 1.46. The van der Waals surface area contributed by atoms with Gasteiger partial charge in [-0.2, -0.15) is 4.99 Å². The minimum absolute atomic E-state index is 0.317. The van der Waals surface area contributed by atoms with Gasteiger partial charge >= 0.3 is 5.97 Å². The summed E-state index contributed by atoms with van der Waals surface area (Å²) in [6.07, 6.45) is 3.08. The molecule has 0 amide bonds. The summed E-state index contributed by atoms with van der Waals surface area (Å²) >= 11 is 4.51. The molecular weight excluding hydrogens is 234 g/mol. The highest BCUT2D eigenvalue weighted by molar-refractivity contribution is 7.78. The summed E-state index contributed by atoms with van der Waals surface area (Å²) in [7, 11) is 0. The Morgan fingerprint density at radius 3 is 3.00 bits per heavy atom. The Hall–Kier alpha value is -1.51. The van der Waals surface area contributed by atoms with Crippen molar-refractivity contribution in [3.63, 3.8) is 0 Å². The number of carbonyl (C=O) groups excluding carboxylic acids is 1. The van der Waals surface area contributed by atoms with E-state index in [1.807, 2.05) is 0 Å². The number of aliphatic imine (C=N–C) groups is 1. The molecule has 3 nitrogen and oxygen atoms in total. The van der Waals surface area contributed by atoms with Crippen LogP contribution in [0.1, 0.15) is 36.5 Å². The van der Waals surface area contributed by atoms with Crippen LogP contribution in [0.25, 0.3) is 0 Å². The van der Waals surface area contributed by atoms with Gasteiger partial charge in [-0.1, -0.05) is 25.8 Å². The standard InChI is InChI=1S/C13H15NO2S/c1-2-3-4-8-16-13(15)11-6-5-7-12(9-11)14-10-17/h5-7,9H,2-4,8H2,1H3. The number of unbranched alkanes of at least 4 members (excludes halogenated alkanes) is 2. The molecule has 0 aliphatic rings. The van der Waals surface area contributed by atoms with E-state index < -0.39 is 0 Å². The first-order valence-corrected chi connectivity index (χ1v) is 6.03. The zero-order valence-corrected chi connectivity index (χ0v) is 10.6. The minimum Gasteiger partial charge on any atom is -0.462 e. The normalized spacial score (nSPS) is 9.47. The Morgan fingerprint density at radius 1 is 1.47 bits per heavy atom. The Kier molecular flexibility index (Phi) is 6.15. The third-order valence-electron chi connectivity index (χ3n) is 2.24. The van der Waals surface area contributed by atoms with Gasteiger partial charge in [-0.3, -0.25) is 0 Å². The highest BCUT2D eigenvalue weighted by Gasteiger charge is 2.06. The molecule has 17 heavy (non-hydrogen) atoms. The van der Waals surface area contributed by atoms with Crippen molar-refractivity contribution in [3.8, 4) is 0 Å². The largest absolute Gasteiger partial charge is 0.462 e. The number of rotatable bonds is 6. The summed E-state index contributed by atoms with van der Waals surface area (Å²) in [5.41, 5.74) is 1.11. The first-order valence-electron chi connectivity index (χ1n) is 5.63. The van der Waals surface area contributed by atoms with Crippen molar-refractivity contribution in [1.29, 1.82) is 0 Å². The molecule has 1 aromatic carbocycles. The van der Waals surface area contributed by atoms with Gasteiger partial charge in [0.15, 0.2) is 0 Å². The van der Waals surface area contributed by atoms with Gasteiger partial charge in [0, 0.05) is 0 Å². The predicted molar refractivity (Wildman–Crippen MR) is 70.9 cm³/mol. The molecule has 0 aromatic heterocycles. The molecule has 0 saturated carbocycles. The molecule has 0 aliphatic carbocycles. The van der Waals surface area contributed by atoms with Gasteiger partial charge in [0.2, 0.25) is 0 Å². The molecule has 1 rings (SSSR count). The van der Waals surface area contributed by atoms with Crippen LogP contribution >= 0.6 is 12.2 Å². The van der Waals surface area contributed by atoms with Crippen molar-refractivity contribution in [2.24, 2.45) is 4.99 Å². The Balaban J connectivity index is 2.56. The van der Waals surface area contributed by atoms with E-state index in [9.17, 15) is 4.79 Å². The number of thiocarbonyl (C=S) groups is 1. The van der Waals surface area contributed by atoms with Crippen molar-refractivity contribution in [2.45, 2.75) is 26.2 Å². The van der Waals surface area contributed by atoms with E-state index in [-0.39, 0.29) is 5.97 Å². The maximum Gasteiger partial charge on any atom is 0.338 e. The van der Waals surface area contributed by atoms with E-state index >= 15 is 0 Å². The molecule has 0 radical (unpaired) electrons. The van der Waals surface area contributed by atoms with Gasteiger partial charge in [0.05, 0.1) is 23.0 Å². The number of esters is 1. The van der Waals surface area contributed by atoms with Gasteiger partial charge in [0.1, 0.15) is 0 Å². The fourth-order valence-electron chi connectivity index (χ4n) is 1.36. The maximum atomic E-state index is 11.7. The molecule has 0 fully saturated rings. The minimum atomic E-state index is -0.317. The summed E-state index contributed by atoms with van der Waals surface area (Å²) < 4.78 is 5.14. The summed E-state index contributed by atoms with van der Waals surface area (Å²) in [4.78, 5) is 15.5. The van der Waals surface area contributed by atoms with Crippen LogP contribution in [-0.2, 0) is 4.74 Å². The lowest BCUT2D eigenvalue weighted by molar-refractivity contribution is 0.0498. The van der Waals surface area contributed by atoms with Crippen LogP contribution in [-0.4, -0.2) is 17.7 Å². The number of carbonyl (C=O) groups is 1. The van der Waals surface area contributed by atoms with Gasteiger partial charge in [-0.15, -0.1) is 0 Å². The lowest BCUT2D eigenvalue weighted by atomic mass is 10.2. The number of hydrogen-bond donors (Lipinski definition) is 0. The van der Waals surface area contributed by atoms with Crippen LogP contribution in [0.4, 0.5) is 5.69 Å². The number of nitrogens with zero attached hydrogens (tertiary/aromatic N) is 1.